The van der Waals surface area contributed by atoms with Crippen molar-refractivity contribution in [3.63, 3.8) is 0 Å². The highest BCUT2D eigenvalue weighted by atomic mass is 32.2. The maximum atomic E-state index is 2.00. The first kappa shape index (κ1) is 4.35. The fourth-order valence-electron chi connectivity index (χ4n) is 0. The fraction of sp³-hybridized carbons (Fsp3) is 0.667. The van der Waals surface area contributed by atoms with Gasteiger partial charge in [-0.15, -0.1) is 0 Å². The van der Waals surface area contributed by atoms with Gasteiger partial charge in [-0.25, -0.2) is 0 Å². The molecule has 0 aromatic rings. The lowest BCUT2D eigenvalue weighted by atomic mass is 11.0. The van der Waals surface area contributed by atoms with Crippen LogP contribution in [-0.4, -0.2) is 11.5 Å². The average molecular weight is 72.1 g/mol. The molecule has 0 N–H and O–H groups in total. The second kappa shape index (κ2) is 1.65. The van der Waals surface area contributed by atoms with Crippen LogP contribution in [-0.2, 0) is 0 Å². The molecule has 1 heteroatoms. The molecule has 0 atom stereocenters. The van der Waals surface area contributed by atoms with Crippen molar-refractivity contribution in [2.45, 2.75) is 0 Å². The predicted molar refractivity (Wildman–Crippen MR) is 20.6 cm³/mol. The Hall–Kier alpha value is 0.350. The van der Waals surface area contributed by atoms with E-state index in [4.69, 9.17) is 0 Å². The predicted octanol–water partition coefficient (Wildman–Crippen LogP) is 0.814. The maximum Gasteiger partial charge on any atom is 0.00238 e. The van der Waals surface area contributed by atoms with E-state index in [1.54, 1.807) is 0 Å². The van der Waals surface area contributed by atoms with Crippen molar-refractivity contribution < 1.29 is 0 Å². The second-order valence-corrected chi connectivity index (χ2v) is 1.84. The van der Waals surface area contributed by atoms with Gasteiger partial charge in [0.2, 0.25) is 0 Å². The Morgan fingerprint density at radius 1 is 1.25 bits per heavy atom. The molecule has 0 saturated carbocycles. The highest BCUT2D eigenvalue weighted by Crippen LogP contribution is 2.14. The largest absolute Gasteiger partial charge is 0.160 e. The summed E-state index contributed by atoms with van der Waals surface area (Å²) in [4.78, 5) is 0. The van der Waals surface area contributed by atoms with E-state index in [0.717, 1.165) is 0 Å². The third-order valence-electron chi connectivity index (χ3n) is 0.204. The van der Waals surface area contributed by atoms with Crippen LogP contribution in [0.2, 0.25) is 0 Å². The molecule has 0 amide bonds. The summed E-state index contributed by atoms with van der Waals surface area (Å²) in [6.07, 6.45) is 0. The normalized spacial score (nSPS) is 18.0. The Morgan fingerprint density at radius 3 is 1.50 bits per heavy atom. The van der Waals surface area contributed by atoms with Crippen LogP contribution in [0, 0.1) is 7.43 Å². The zero-order valence-corrected chi connectivity index (χ0v) is 3.14. The van der Waals surface area contributed by atoms with Gasteiger partial charge < -0.3 is 0 Å². The van der Waals surface area contributed by atoms with Crippen molar-refractivity contribution in [1.29, 1.82) is 0 Å². The van der Waals surface area contributed by atoms with E-state index in [1.807, 2.05) is 11.8 Å². The van der Waals surface area contributed by atoms with Crippen molar-refractivity contribution in [2.75, 3.05) is 11.5 Å². The van der Waals surface area contributed by atoms with Crippen molar-refractivity contribution >= 4 is 11.8 Å². The zero-order chi connectivity index (χ0) is 2.12. The summed E-state index contributed by atoms with van der Waals surface area (Å²) >= 11 is 2.00. The molecule has 0 aromatic heterocycles. The van der Waals surface area contributed by atoms with Gasteiger partial charge in [-0.1, -0.05) is 0 Å². The molecule has 4 radical (unpaired) electrons. The zero-order valence-electron chi connectivity index (χ0n) is 2.32. The van der Waals surface area contributed by atoms with Crippen LogP contribution in [0.4, 0.5) is 0 Å². The van der Waals surface area contributed by atoms with Crippen LogP contribution in [0.1, 0.15) is 0 Å². The molecule has 1 aliphatic heterocycles. The third-order valence-corrected chi connectivity index (χ3v) is 0.612. The summed E-state index contributed by atoms with van der Waals surface area (Å²) in [5, 5.41) is 0. The summed E-state index contributed by atoms with van der Waals surface area (Å²) < 4.78 is 0. The van der Waals surface area contributed by atoms with Gasteiger partial charge in [0.05, 0.1) is 0 Å². The molecule has 0 bridgehead atoms. The van der Waals surface area contributed by atoms with Gasteiger partial charge in [0.25, 0.3) is 0 Å². The molecule has 4 heavy (non-hydrogen) atoms. The summed E-state index contributed by atoms with van der Waals surface area (Å²) in [6.45, 7) is 0. The first-order valence-electron chi connectivity index (χ1n) is 1.08. The molecule has 0 spiro atoms. The molecule has 0 unspecified atom stereocenters. The smallest absolute Gasteiger partial charge is 0.00238 e. The minimum Gasteiger partial charge on any atom is -0.160 e. The Kier molecular flexibility index (Phi) is 1.79. The molecule has 0 aromatic carbocycles. The average Bonchev–Trinajstić information content (AvgIpc) is 1.46. The van der Waals surface area contributed by atoms with Gasteiger partial charge >= 0.3 is 0 Å². The van der Waals surface area contributed by atoms with E-state index in [-0.39, 0.29) is 7.43 Å². The lowest BCUT2D eigenvalue weighted by Gasteiger charge is -1.11. The van der Waals surface area contributed by atoms with Crippen LogP contribution < -0.4 is 0 Å². The molecule has 22 valence electrons. The molecule has 1 fully saturated rings. The lowest BCUT2D eigenvalue weighted by Crippen LogP contribution is -1.20. The molecule has 0 aliphatic carbocycles. The minimum atomic E-state index is 0. The van der Waals surface area contributed by atoms with Crippen molar-refractivity contribution in [1.82, 2.24) is 0 Å². The first-order chi connectivity index (χ1) is 1.50. The van der Waals surface area contributed by atoms with E-state index in [0.29, 0.717) is 0 Å². The molecular formula is C3H4S. The minimum absolute atomic E-state index is 0. The SMILES string of the molecule is C1CS1.[C]. The molecule has 1 rings (SSSR count). The van der Waals surface area contributed by atoms with Crippen molar-refractivity contribution in [2.24, 2.45) is 0 Å². The van der Waals surface area contributed by atoms with Gasteiger partial charge in [0.1, 0.15) is 0 Å². The van der Waals surface area contributed by atoms with E-state index < -0.39 is 0 Å². The number of thioether (sulfide) groups is 1. The Labute approximate surface area is 31.6 Å². The third kappa shape index (κ3) is 2.35. The standard InChI is InChI=1S/C2H4S.C/c1-2-3-1;/h1-2H2;. The van der Waals surface area contributed by atoms with Gasteiger partial charge in [0.15, 0.2) is 0 Å². The number of hydrogen-bond acceptors (Lipinski definition) is 1. The Morgan fingerprint density at radius 2 is 1.50 bits per heavy atom. The number of rotatable bonds is 0. The quantitative estimate of drug-likeness (QED) is 0.382. The topological polar surface area (TPSA) is 0 Å². The van der Waals surface area contributed by atoms with Crippen LogP contribution in [0.3, 0.4) is 0 Å². The van der Waals surface area contributed by atoms with Crippen LogP contribution in [0.25, 0.3) is 0 Å². The second-order valence-electron chi connectivity index (χ2n) is 0.612. The first-order valence-corrected chi connectivity index (χ1v) is 2.23. The molecule has 1 aliphatic rings. The van der Waals surface area contributed by atoms with Crippen LogP contribution in [0.5, 0.6) is 0 Å². The lowest BCUT2D eigenvalue weighted by molar-refractivity contribution is 1.75. The summed E-state index contributed by atoms with van der Waals surface area (Å²) in [5.41, 5.74) is 0. The van der Waals surface area contributed by atoms with Gasteiger partial charge in [-0.2, -0.15) is 11.8 Å². The molecule has 1 saturated heterocycles. The van der Waals surface area contributed by atoms with E-state index in [9.17, 15) is 0 Å². The van der Waals surface area contributed by atoms with Gasteiger partial charge in [-0.05, 0) is 0 Å². The molecular weight excluding hydrogens is 68.1 g/mol. The van der Waals surface area contributed by atoms with Crippen LogP contribution >= 0.6 is 11.8 Å². The fourth-order valence-corrected chi connectivity index (χ4v) is 0. The Bertz CT molecular complexity index is 8.00. The Balaban J connectivity index is 0.0000000900. The van der Waals surface area contributed by atoms with E-state index in [2.05, 4.69) is 0 Å². The highest BCUT2D eigenvalue weighted by molar-refractivity contribution is 8.06. The summed E-state index contributed by atoms with van der Waals surface area (Å²) in [5.74, 6) is 2.83. The number of hydrogen-bond donors (Lipinski definition) is 0. The monoisotopic (exact) mass is 72.0 g/mol. The van der Waals surface area contributed by atoms with Gasteiger partial charge in [-0.3, -0.25) is 0 Å². The maximum absolute atomic E-state index is 2.00. The summed E-state index contributed by atoms with van der Waals surface area (Å²) in [7, 11) is 0. The van der Waals surface area contributed by atoms with Crippen LogP contribution in [0.15, 0.2) is 0 Å². The van der Waals surface area contributed by atoms with Crippen molar-refractivity contribution in [3.8, 4) is 0 Å². The van der Waals surface area contributed by atoms with Crippen molar-refractivity contribution in [3.05, 3.63) is 7.43 Å². The van der Waals surface area contributed by atoms with E-state index >= 15 is 0 Å². The molecule has 1 heterocycles. The molecule has 0 nitrogen and oxygen atoms in total. The summed E-state index contributed by atoms with van der Waals surface area (Å²) in [6, 6.07) is 0. The van der Waals surface area contributed by atoms with E-state index in [1.165, 1.54) is 11.5 Å². The highest BCUT2D eigenvalue weighted by Gasteiger charge is 1.95. The van der Waals surface area contributed by atoms with Gasteiger partial charge in [0, 0.05) is 18.9 Å².